The minimum atomic E-state index is -1.12. The number of carbonyl (C=O) groups excluding carboxylic acids is 2. The van der Waals surface area contributed by atoms with Crippen LogP contribution in [-0.2, 0) is 10.3 Å². The van der Waals surface area contributed by atoms with Crippen molar-refractivity contribution in [3.05, 3.63) is 33.8 Å². The Morgan fingerprint density at radius 2 is 1.88 bits per heavy atom. The van der Waals surface area contributed by atoms with E-state index < -0.39 is 5.54 Å². The molecule has 7 heteroatoms. The largest absolute Gasteiger partial charge is 0.326 e. The maximum absolute atomic E-state index is 12.9. The second-order valence-electron chi connectivity index (χ2n) is 6.86. The van der Waals surface area contributed by atoms with Crippen LogP contribution in [-0.4, -0.2) is 41.5 Å². The molecule has 2 heterocycles. The normalized spacial score (nSPS) is 26.1. The van der Waals surface area contributed by atoms with Gasteiger partial charge in [0.15, 0.2) is 0 Å². The SMILES string of the molecule is CC1CCN(CN2C(=O)N[C@](C)(c3ccc(Cl)c(Cl)c3)C2=O)CC1. The van der Waals surface area contributed by atoms with Gasteiger partial charge < -0.3 is 5.32 Å². The maximum atomic E-state index is 12.9. The molecule has 0 bridgehead atoms. The fraction of sp³-hybridized carbons (Fsp3) is 0.529. The molecule has 2 saturated heterocycles. The first kappa shape index (κ1) is 17.5. The van der Waals surface area contributed by atoms with Gasteiger partial charge in [-0.3, -0.25) is 9.69 Å². The molecule has 2 aliphatic heterocycles. The Morgan fingerprint density at radius 1 is 1.21 bits per heavy atom. The van der Waals surface area contributed by atoms with Crippen LogP contribution in [0, 0.1) is 5.92 Å². The first-order valence-corrected chi connectivity index (χ1v) is 8.89. The Balaban J connectivity index is 1.78. The Hall–Kier alpha value is -1.30. The van der Waals surface area contributed by atoms with Gasteiger partial charge in [0.05, 0.1) is 16.7 Å². The van der Waals surface area contributed by atoms with Crippen molar-refractivity contribution in [3.63, 3.8) is 0 Å². The summed E-state index contributed by atoms with van der Waals surface area (Å²) in [6, 6.07) is 4.62. The molecule has 1 N–H and O–H groups in total. The average molecular weight is 370 g/mol. The molecular weight excluding hydrogens is 349 g/mol. The predicted molar refractivity (Wildman–Crippen MR) is 94.0 cm³/mol. The lowest BCUT2D eigenvalue weighted by Gasteiger charge is -2.32. The second kappa shape index (κ2) is 6.54. The molecule has 3 rings (SSSR count). The molecule has 1 atom stereocenters. The highest BCUT2D eigenvalue weighted by Gasteiger charge is 2.49. The Kier molecular flexibility index (Phi) is 4.78. The van der Waals surface area contributed by atoms with Crippen LogP contribution in [0.5, 0.6) is 0 Å². The number of nitrogens with zero attached hydrogens (tertiary/aromatic N) is 2. The molecule has 0 aliphatic carbocycles. The molecule has 3 amide bonds. The van der Waals surface area contributed by atoms with Crippen molar-refractivity contribution in [1.82, 2.24) is 15.1 Å². The van der Waals surface area contributed by atoms with Gasteiger partial charge in [-0.2, -0.15) is 0 Å². The van der Waals surface area contributed by atoms with Crippen LogP contribution in [0.25, 0.3) is 0 Å². The fourth-order valence-electron chi connectivity index (χ4n) is 3.23. The number of carbonyl (C=O) groups is 2. The third kappa shape index (κ3) is 3.13. The summed E-state index contributed by atoms with van der Waals surface area (Å²) < 4.78 is 0. The van der Waals surface area contributed by atoms with Gasteiger partial charge in [0.1, 0.15) is 5.54 Å². The van der Waals surface area contributed by atoms with Gasteiger partial charge in [-0.05, 0) is 43.4 Å². The van der Waals surface area contributed by atoms with Gasteiger partial charge >= 0.3 is 6.03 Å². The van der Waals surface area contributed by atoms with Crippen LogP contribution >= 0.6 is 23.2 Å². The topological polar surface area (TPSA) is 52.6 Å². The zero-order chi connectivity index (χ0) is 17.5. The quantitative estimate of drug-likeness (QED) is 0.830. The molecule has 2 fully saturated rings. The average Bonchev–Trinajstić information content (AvgIpc) is 2.76. The number of halogens is 2. The van der Waals surface area contributed by atoms with E-state index in [-0.39, 0.29) is 11.9 Å². The van der Waals surface area contributed by atoms with Crippen LogP contribution in [0.15, 0.2) is 18.2 Å². The Labute approximate surface area is 151 Å². The number of hydrogen-bond donors (Lipinski definition) is 1. The van der Waals surface area contributed by atoms with Crippen LogP contribution in [0.4, 0.5) is 4.79 Å². The van der Waals surface area contributed by atoms with Crippen LogP contribution < -0.4 is 5.32 Å². The van der Waals surface area contributed by atoms with Crippen molar-refractivity contribution < 1.29 is 9.59 Å². The van der Waals surface area contributed by atoms with Gasteiger partial charge in [0.2, 0.25) is 0 Å². The molecule has 0 radical (unpaired) electrons. The third-order valence-corrected chi connectivity index (χ3v) is 5.73. The first-order valence-electron chi connectivity index (χ1n) is 8.13. The van der Waals surface area contributed by atoms with Gasteiger partial charge in [0, 0.05) is 13.1 Å². The van der Waals surface area contributed by atoms with Crippen LogP contribution in [0.3, 0.4) is 0 Å². The highest BCUT2D eigenvalue weighted by atomic mass is 35.5. The standard InChI is InChI=1S/C17H21Cl2N3O2/c1-11-5-7-21(8-6-11)10-22-15(23)17(2,20-16(22)24)12-3-4-13(18)14(19)9-12/h3-4,9,11H,5-8,10H2,1-2H3,(H,20,24)/t17-/m1/s1. The molecule has 0 spiro atoms. The summed E-state index contributed by atoms with van der Waals surface area (Å²) in [6.07, 6.45) is 2.18. The summed E-state index contributed by atoms with van der Waals surface area (Å²) in [5.41, 5.74) is -0.487. The van der Waals surface area contributed by atoms with E-state index >= 15 is 0 Å². The van der Waals surface area contributed by atoms with Crippen LogP contribution in [0.2, 0.25) is 10.0 Å². The first-order chi connectivity index (χ1) is 11.3. The molecule has 5 nitrogen and oxygen atoms in total. The van der Waals surface area contributed by atoms with Gasteiger partial charge in [-0.25, -0.2) is 9.69 Å². The van der Waals surface area contributed by atoms with Crippen molar-refractivity contribution in [2.24, 2.45) is 5.92 Å². The monoisotopic (exact) mass is 369 g/mol. The van der Waals surface area contributed by atoms with E-state index in [1.54, 1.807) is 25.1 Å². The van der Waals surface area contributed by atoms with Crippen molar-refractivity contribution in [3.8, 4) is 0 Å². The molecule has 24 heavy (non-hydrogen) atoms. The second-order valence-corrected chi connectivity index (χ2v) is 7.67. The lowest BCUT2D eigenvalue weighted by Crippen LogP contribution is -2.46. The summed E-state index contributed by atoms with van der Waals surface area (Å²) in [5.74, 6) is 0.440. The number of rotatable bonds is 3. The van der Waals surface area contributed by atoms with Gasteiger partial charge in [-0.1, -0.05) is 36.2 Å². The number of piperidine rings is 1. The number of imide groups is 1. The summed E-state index contributed by atoms with van der Waals surface area (Å²) in [7, 11) is 0. The molecule has 1 aromatic carbocycles. The molecule has 0 saturated carbocycles. The smallest absolute Gasteiger partial charge is 0.319 e. The molecule has 2 aliphatic rings. The lowest BCUT2D eigenvalue weighted by atomic mass is 9.92. The van der Waals surface area contributed by atoms with E-state index in [4.69, 9.17) is 23.2 Å². The highest BCUT2D eigenvalue weighted by molar-refractivity contribution is 6.42. The van der Waals surface area contributed by atoms with E-state index in [9.17, 15) is 9.59 Å². The van der Waals surface area contributed by atoms with Crippen molar-refractivity contribution >= 4 is 35.1 Å². The predicted octanol–water partition coefficient (Wildman–Crippen LogP) is 3.45. The number of likely N-dealkylation sites (tertiary alicyclic amines) is 1. The van der Waals surface area contributed by atoms with Crippen LogP contribution in [0.1, 0.15) is 32.3 Å². The van der Waals surface area contributed by atoms with Crippen molar-refractivity contribution in [2.75, 3.05) is 19.8 Å². The van der Waals surface area contributed by atoms with Crippen molar-refractivity contribution in [2.45, 2.75) is 32.2 Å². The number of benzene rings is 1. The summed E-state index contributed by atoms with van der Waals surface area (Å²) >= 11 is 12.0. The number of amides is 3. The zero-order valence-electron chi connectivity index (χ0n) is 13.8. The molecule has 0 aromatic heterocycles. The van der Waals surface area contributed by atoms with E-state index in [0.29, 0.717) is 28.2 Å². The molecule has 130 valence electrons. The van der Waals surface area contributed by atoms with E-state index in [2.05, 4.69) is 17.1 Å². The minimum absolute atomic E-state index is 0.260. The van der Waals surface area contributed by atoms with E-state index in [1.807, 2.05) is 0 Å². The lowest BCUT2D eigenvalue weighted by molar-refractivity contribution is -0.132. The summed E-state index contributed by atoms with van der Waals surface area (Å²) in [4.78, 5) is 28.7. The fourth-order valence-corrected chi connectivity index (χ4v) is 3.53. The highest BCUT2D eigenvalue weighted by Crippen LogP contribution is 2.33. The number of hydrogen-bond acceptors (Lipinski definition) is 3. The zero-order valence-corrected chi connectivity index (χ0v) is 15.3. The summed E-state index contributed by atoms with van der Waals surface area (Å²) in [5, 5.41) is 3.58. The Bertz CT molecular complexity index is 674. The van der Waals surface area contributed by atoms with Gasteiger partial charge in [0.25, 0.3) is 5.91 Å². The molecule has 0 unspecified atom stereocenters. The van der Waals surface area contributed by atoms with E-state index in [1.165, 1.54) is 4.90 Å². The molecular formula is C17H21Cl2N3O2. The third-order valence-electron chi connectivity index (χ3n) is 4.99. The maximum Gasteiger partial charge on any atom is 0.326 e. The number of urea groups is 1. The van der Waals surface area contributed by atoms with Crippen molar-refractivity contribution in [1.29, 1.82) is 0 Å². The summed E-state index contributed by atoms with van der Waals surface area (Å²) in [6.45, 7) is 6.06. The molecule has 1 aromatic rings. The number of nitrogens with one attached hydrogen (secondary N) is 1. The van der Waals surface area contributed by atoms with Gasteiger partial charge in [-0.15, -0.1) is 0 Å². The minimum Gasteiger partial charge on any atom is -0.319 e. The Morgan fingerprint density at radius 3 is 2.50 bits per heavy atom. The van der Waals surface area contributed by atoms with E-state index in [0.717, 1.165) is 25.9 Å².